The van der Waals surface area contributed by atoms with E-state index in [1.54, 1.807) is 29.5 Å². The lowest BCUT2D eigenvalue weighted by Crippen LogP contribution is -2.05. The molecule has 0 aliphatic carbocycles. The molecule has 0 saturated heterocycles. The van der Waals surface area contributed by atoms with Gasteiger partial charge in [0.05, 0.1) is 11.3 Å². The number of halogens is 1. The van der Waals surface area contributed by atoms with E-state index in [0.717, 1.165) is 18.7 Å². The second-order valence-electron chi connectivity index (χ2n) is 3.61. The molecule has 2 aromatic rings. The predicted molar refractivity (Wildman–Crippen MR) is 72.7 cm³/mol. The monoisotopic (exact) mass is 262 g/mol. The van der Waals surface area contributed by atoms with Crippen LogP contribution < -0.4 is 5.32 Å². The van der Waals surface area contributed by atoms with Crippen molar-refractivity contribution in [1.29, 1.82) is 5.26 Å². The third-order valence-corrected chi connectivity index (χ3v) is 3.38. The van der Waals surface area contributed by atoms with E-state index in [4.69, 9.17) is 16.9 Å². The molecule has 4 heteroatoms. The maximum atomic E-state index is 8.96. The van der Waals surface area contributed by atoms with Crippen molar-refractivity contribution < 1.29 is 0 Å². The highest BCUT2D eigenvalue weighted by Crippen LogP contribution is 2.20. The average Bonchev–Trinajstić information content (AvgIpc) is 2.82. The Hall–Kier alpha value is -1.50. The smallest absolute Gasteiger partial charge is 0.101 e. The number of nitrogens with one attached hydrogen (secondary N) is 1. The number of rotatable bonds is 4. The lowest BCUT2D eigenvalue weighted by Gasteiger charge is -2.07. The van der Waals surface area contributed by atoms with E-state index in [2.05, 4.69) is 28.2 Å². The fourth-order valence-electron chi connectivity index (χ4n) is 1.54. The van der Waals surface area contributed by atoms with Gasteiger partial charge in [-0.1, -0.05) is 11.6 Å². The minimum atomic E-state index is 0.625. The summed E-state index contributed by atoms with van der Waals surface area (Å²) >= 11 is 7.60. The Morgan fingerprint density at radius 3 is 2.94 bits per heavy atom. The van der Waals surface area contributed by atoms with Crippen LogP contribution >= 0.6 is 22.9 Å². The average molecular weight is 263 g/mol. The highest BCUT2D eigenvalue weighted by molar-refractivity contribution is 7.07. The van der Waals surface area contributed by atoms with E-state index in [-0.39, 0.29) is 0 Å². The van der Waals surface area contributed by atoms with Gasteiger partial charge in [-0.25, -0.2) is 0 Å². The van der Waals surface area contributed by atoms with E-state index in [9.17, 15) is 0 Å². The molecule has 2 rings (SSSR count). The molecule has 17 heavy (non-hydrogen) atoms. The van der Waals surface area contributed by atoms with Crippen molar-refractivity contribution in [3.05, 3.63) is 51.2 Å². The molecule has 1 N–H and O–H groups in total. The van der Waals surface area contributed by atoms with Gasteiger partial charge in [0.2, 0.25) is 0 Å². The summed E-state index contributed by atoms with van der Waals surface area (Å²) < 4.78 is 0. The van der Waals surface area contributed by atoms with Gasteiger partial charge in [0, 0.05) is 11.6 Å². The van der Waals surface area contributed by atoms with Gasteiger partial charge in [-0.2, -0.15) is 16.6 Å². The third kappa shape index (κ3) is 3.23. The van der Waals surface area contributed by atoms with Gasteiger partial charge >= 0.3 is 0 Å². The highest BCUT2D eigenvalue weighted by atomic mass is 35.5. The van der Waals surface area contributed by atoms with Crippen LogP contribution in [0.4, 0.5) is 5.69 Å². The Bertz CT molecular complexity index is 529. The number of nitrogens with zero attached hydrogens (tertiary/aromatic N) is 1. The Morgan fingerprint density at radius 2 is 2.24 bits per heavy atom. The van der Waals surface area contributed by atoms with Crippen molar-refractivity contribution in [3.8, 4) is 6.07 Å². The van der Waals surface area contributed by atoms with Crippen LogP contribution in [0.1, 0.15) is 11.1 Å². The minimum absolute atomic E-state index is 0.625. The van der Waals surface area contributed by atoms with Gasteiger partial charge in [-0.15, -0.1) is 0 Å². The van der Waals surface area contributed by atoms with Crippen LogP contribution in [0.3, 0.4) is 0 Å². The number of benzene rings is 1. The van der Waals surface area contributed by atoms with Crippen LogP contribution in [0, 0.1) is 11.3 Å². The number of thiophene rings is 1. The summed E-state index contributed by atoms with van der Waals surface area (Å²) in [4.78, 5) is 0. The zero-order chi connectivity index (χ0) is 12.1. The molecule has 0 radical (unpaired) electrons. The van der Waals surface area contributed by atoms with E-state index in [1.807, 2.05) is 0 Å². The third-order valence-electron chi connectivity index (χ3n) is 2.41. The van der Waals surface area contributed by atoms with E-state index in [0.29, 0.717) is 10.6 Å². The molecule has 1 heterocycles. The van der Waals surface area contributed by atoms with Crippen LogP contribution in [0.15, 0.2) is 35.0 Å². The first-order valence-corrected chi connectivity index (χ1v) is 6.56. The second-order valence-corrected chi connectivity index (χ2v) is 4.83. The van der Waals surface area contributed by atoms with E-state index >= 15 is 0 Å². The summed E-state index contributed by atoms with van der Waals surface area (Å²) in [5.41, 5.74) is 2.73. The molecular weight excluding hydrogens is 252 g/mol. The quantitative estimate of drug-likeness (QED) is 0.906. The van der Waals surface area contributed by atoms with Crippen molar-refractivity contribution in [3.63, 3.8) is 0 Å². The first-order chi connectivity index (χ1) is 8.29. The first kappa shape index (κ1) is 12.0. The molecule has 1 aromatic heterocycles. The Balaban J connectivity index is 1.99. The Morgan fingerprint density at radius 1 is 1.35 bits per heavy atom. The van der Waals surface area contributed by atoms with Crippen LogP contribution in [0.25, 0.3) is 0 Å². The molecular formula is C13H11ClN2S. The van der Waals surface area contributed by atoms with Crippen LogP contribution in [0.2, 0.25) is 5.02 Å². The molecule has 0 aliphatic heterocycles. The van der Waals surface area contributed by atoms with Gasteiger partial charge in [0.1, 0.15) is 6.07 Å². The molecule has 0 aliphatic rings. The number of anilines is 1. The summed E-state index contributed by atoms with van der Waals surface area (Å²) in [6, 6.07) is 9.50. The van der Waals surface area contributed by atoms with Gasteiger partial charge in [-0.3, -0.25) is 0 Å². The SMILES string of the molecule is N#Cc1ccc(Cl)cc1NCCc1ccsc1. The highest BCUT2D eigenvalue weighted by Gasteiger charge is 2.02. The Kier molecular flexibility index (Phi) is 4.03. The fraction of sp³-hybridized carbons (Fsp3) is 0.154. The van der Waals surface area contributed by atoms with Crippen molar-refractivity contribution in [2.24, 2.45) is 0 Å². The van der Waals surface area contributed by atoms with Gasteiger partial charge in [-0.05, 0) is 47.0 Å². The van der Waals surface area contributed by atoms with Crippen LogP contribution in [0.5, 0.6) is 0 Å². The summed E-state index contributed by atoms with van der Waals surface area (Å²) in [6.45, 7) is 0.797. The Labute approximate surface area is 109 Å². The molecule has 86 valence electrons. The standard InChI is InChI=1S/C13H11ClN2S/c14-12-2-1-11(8-15)13(7-12)16-5-3-10-4-6-17-9-10/h1-2,4,6-7,9,16H,3,5H2. The number of hydrogen-bond donors (Lipinski definition) is 1. The predicted octanol–water partition coefficient (Wildman–Crippen LogP) is 3.93. The van der Waals surface area contributed by atoms with E-state index < -0.39 is 0 Å². The van der Waals surface area contributed by atoms with Gasteiger partial charge in [0.15, 0.2) is 0 Å². The van der Waals surface area contributed by atoms with Gasteiger partial charge < -0.3 is 5.32 Å². The normalized spacial score (nSPS) is 9.88. The van der Waals surface area contributed by atoms with Crippen molar-refractivity contribution >= 4 is 28.6 Å². The zero-order valence-electron chi connectivity index (χ0n) is 9.11. The number of nitriles is 1. The molecule has 0 spiro atoms. The van der Waals surface area contributed by atoms with Crippen molar-refractivity contribution in [1.82, 2.24) is 0 Å². The fourth-order valence-corrected chi connectivity index (χ4v) is 2.41. The molecule has 1 aromatic carbocycles. The molecule has 0 saturated carbocycles. The maximum absolute atomic E-state index is 8.96. The number of hydrogen-bond acceptors (Lipinski definition) is 3. The maximum Gasteiger partial charge on any atom is 0.101 e. The van der Waals surface area contributed by atoms with Crippen LogP contribution in [-0.2, 0) is 6.42 Å². The summed E-state index contributed by atoms with van der Waals surface area (Å²) in [6.07, 6.45) is 0.945. The van der Waals surface area contributed by atoms with Crippen LogP contribution in [-0.4, -0.2) is 6.54 Å². The molecule has 0 fully saturated rings. The zero-order valence-corrected chi connectivity index (χ0v) is 10.7. The summed E-state index contributed by atoms with van der Waals surface area (Å²) in [7, 11) is 0. The molecule has 0 unspecified atom stereocenters. The summed E-state index contributed by atoms with van der Waals surface area (Å²) in [5, 5.41) is 17.0. The van der Waals surface area contributed by atoms with Crippen molar-refractivity contribution in [2.75, 3.05) is 11.9 Å². The topological polar surface area (TPSA) is 35.8 Å². The molecule has 0 amide bonds. The summed E-state index contributed by atoms with van der Waals surface area (Å²) in [5.74, 6) is 0. The molecule has 2 nitrogen and oxygen atoms in total. The minimum Gasteiger partial charge on any atom is -0.384 e. The molecule has 0 atom stereocenters. The van der Waals surface area contributed by atoms with E-state index in [1.165, 1.54) is 5.56 Å². The molecule has 0 bridgehead atoms. The lowest BCUT2D eigenvalue weighted by molar-refractivity contribution is 1.03. The van der Waals surface area contributed by atoms with Crippen molar-refractivity contribution in [2.45, 2.75) is 6.42 Å². The second kappa shape index (κ2) is 5.72. The first-order valence-electron chi connectivity index (χ1n) is 5.24. The lowest BCUT2D eigenvalue weighted by atomic mass is 10.2. The largest absolute Gasteiger partial charge is 0.384 e. The van der Waals surface area contributed by atoms with Gasteiger partial charge in [0.25, 0.3) is 0 Å².